The van der Waals surface area contributed by atoms with E-state index in [-0.39, 0.29) is 8.15 Å². The van der Waals surface area contributed by atoms with E-state index in [0.29, 0.717) is 23.7 Å². The van der Waals surface area contributed by atoms with E-state index in [9.17, 15) is 0 Å². The van der Waals surface area contributed by atoms with Gasteiger partial charge in [0, 0.05) is 71.8 Å². The SMILES string of the molecule is CCOP(CC)CCN1CCN(c2cc(N)nc(NCC3CCC(CNCCCNC4CCCCC4)CC3)n2)CC1C. The molecule has 1 aliphatic heterocycles. The van der Waals surface area contributed by atoms with Gasteiger partial charge in [0.05, 0.1) is 0 Å². The summed E-state index contributed by atoms with van der Waals surface area (Å²) in [4.78, 5) is 14.4. The third-order valence-electron chi connectivity index (χ3n) is 9.64. The lowest BCUT2D eigenvalue weighted by Crippen LogP contribution is -2.52. The fraction of sp³-hybridized carbons (Fsp3) is 0.875. The molecule has 1 aromatic heterocycles. The second-order valence-corrected chi connectivity index (χ2v) is 15.2. The molecule has 0 spiro atoms. The van der Waals surface area contributed by atoms with Crippen molar-refractivity contribution < 1.29 is 4.52 Å². The van der Waals surface area contributed by atoms with Crippen LogP contribution in [0.25, 0.3) is 0 Å². The van der Waals surface area contributed by atoms with E-state index in [1.165, 1.54) is 70.8 Å². The number of rotatable bonds is 17. The van der Waals surface area contributed by atoms with Crippen molar-refractivity contribution in [2.24, 2.45) is 11.8 Å². The number of nitrogens with one attached hydrogen (secondary N) is 3. The van der Waals surface area contributed by atoms with Crippen molar-refractivity contribution >= 4 is 25.7 Å². The Bertz CT molecular complexity index is 880. The average molecular weight is 605 g/mol. The largest absolute Gasteiger partial charge is 0.383 e. The smallest absolute Gasteiger partial charge is 0.226 e. The molecule has 42 heavy (non-hydrogen) atoms. The number of hydrogen-bond acceptors (Lipinski definition) is 9. The number of nitrogens with zero attached hydrogens (tertiary/aromatic N) is 4. The minimum absolute atomic E-state index is 0.292. The molecule has 0 radical (unpaired) electrons. The van der Waals surface area contributed by atoms with Crippen LogP contribution < -0.4 is 26.6 Å². The van der Waals surface area contributed by atoms with Gasteiger partial charge < -0.3 is 31.1 Å². The first-order valence-electron chi connectivity index (χ1n) is 17.2. The molecule has 1 aromatic rings. The van der Waals surface area contributed by atoms with Crippen LogP contribution in [0.15, 0.2) is 6.07 Å². The highest BCUT2D eigenvalue weighted by atomic mass is 31.1. The minimum Gasteiger partial charge on any atom is -0.383 e. The Kier molecular flexibility index (Phi) is 14.8. The summed E-state index contributed by atoms with van der Waals surface area (Å²) in [5, 5.41) is 11.0. The predicted octanol–water partition coefficient (Wildman–Crippen LogP) is 5.14. The molecule has 2 unspecified atom stereocenters. The molecule has 2 atom stereocenters. The lowest BCUT2D eigenvalue weighted by Gasteiger charge is -2.40. The molecular weight excluding hydrogens is 543 g/mol. The normalized spacial score (nSPS) is 25.0. The molecule has 3 fully saturated rings. The van der Waals surface area contributed by atoms with E-state index in [1.54, 1.807) is 0 Å². The van der Waals surface area contributed by atoms with Gasteiger partial charge in [0.2, 0.25) is 5.95 Å². The number of anilines is 3. The van der Waals surface area contributed by atoms with E-state index in [4.69, 9.17) is 15.2 Å². The van der Waals surface area contributed by atoms with Crippen molar-refractivity contribution in [1.29, 1.82) is 0 Å². The van der Waals surface area contributed by atoms with Crippen molar-refractivity contribution in [3.8, 4) is 0 Å². The maximum absolute atomic E-state index is 6.24. The van der Waals surface area contributed by atoms with E-state index in [0.717, 1.165) is 82.5 Å². The van der Waals surface area contributed by atoms with E-state index < -0.39 is 0 Å². The lowest BCUT2D eigenvalue weighted by molar-refractivity contribution is 0.199. The Morgan fingerprint density at radius 1 is 0.976 bits per heavy atom. The van der Waals surface area contributed by atoms with Gasteiger partial charge in [-0.25, -0.2) is 0 Å². The predicted molar refractivity (Wildman–Crippen MR) is 180 cm³/mol. The maximum atomic E-state index is 6.24. The van der Waals surface area contributed by atoms with Gasteiger partial charge in [-0.1, -0.05) is 26.2 Å². The maximum Gasteiger partial charge on any atom is 0.226 e. The van der Waals surface area contributed by atoms with Gasteiger partial charge in [0.15, 0.2) is 0 Å². The van der Waals surface area contributed by atoms with Crippen LogP contribution in [0.4, 0.5) is 17.6 Å². The van der Waals surface area contributed by atoms with Crippen LogP contribution in [0.5, 0.6) is 0 Å². The van der Waals surface area contributed by atoms with Gasteiger partial charge >= 0.3 is 0 Å². The zero-order valence-corrected chi connectivity index (χ0v) is 27.9. The van der Waals surface area contributed by atoms with Crippen LogP contribution >= 0.6 is 8.15 Å². The molecule has 2 saturated carbocycles. The van der Waals surface area contributed by atoms with Crippen LogP contribution in [0.1, 0.15) is 85.0 Å². The van der Waals surface area contributed by atoms with E-state index in [1.807, 2.05) is 6.07 Å². The first kappa shape index (κ1) is 33.6. The minimum atomic E-state index is -0.292. The summed E-state index contributed by atoms with van der Waals surface area (Å²) in [7, 11) is -0.292. The molecule has 0 aromatic carbocycles. The molecule has 10 heteroatoms. The summed E-state index contributed by atoms with van der Waals surface area (Å²) < 4.78 is 5.93. The Labute approximate surface area is 257 Å². The molecule has 0 amide bonds. The van der Waals surface area contributed by atoms with Crippen LogP contribution in [0.2, 0.25) is 0 Å². The summed E-state index contributed by atoms with van der Waals surface area (Å²) >= 11 is 0. The van der Waals surface area contributed by atoms with E-state index >= 15 is 0 Å². The monoisotopic (exact) mass is 604 g/mol. The Balaban J connectivity index is 1.11. The second kappa shape index (κ2) is 18.5. The van der Waals surface area contributed by atoms with Gasteiger partial charge in [0.1, 0.15) is 11.6 Å². The Morgan fingerprint density at radius 3 is 2.45 bits per heavy atom. The summed E-state index contributed by atoms with van der Waals surface area (Å²) in [5.41, 5.74) is 6.24. The van der Waals surface area contributed by atoms with Crippen LogP contribution in [0, 0.1) is 11.8 Å². The van der Waals surface area contributed by atoms with Gasteiger partial charge in [-0.05, 0) is 96.4 Å². The Morgan fingerprint density at radius 2 is 1.74 bits per heavy atom. The number of hydrogen-bond donors (Lipinski definition) is 4. The molecule has 0 bridgehead atoms. The summed E-state index contributed by atoms with van der Waals surface area (Å²) in [6, 6.07) is 3.19. The molecule has 1 saturated heterocycles. The van der Waals surface area contributed by atoms with Crippen molar-refractivity contribution in [3.63, 3.8) is 0 Å². The van der Waals surface area contributed by atoms with Crippen LogP contribution in [-0.2, 0) is 4.52 Å². The highest BCUT2D eigenvalue weighted by Crippen LogP contribution is 2.36. The molecule has 5 N–H and O–H groups in total. The molecule has 9 nitrogen and oxygen atoms in total. The third-order valence-corrected chi connectivity index (χ3v) is 11.7. The van der Waals surface area contributed by atoms with Crippen molar-refractivity contribution in [3.05, 3.63) is 6.07 Å². The van der Waals surface area contributed by atoms with Gasteiger partial charge in [-0.2, -0.15) is 9.97 Å². The number of piperazine rings is 1. The van der Waals surface area contributed by atoms with Crippen LogP contribution in [-0.4, -0.2) is 98.2 Å². The Hall–Kier alpha value is -1.25. The summed E-state index contributed by atoms with van der Waals surface area (Å²) in [6.07, 6.45) is 15.7. The zero-order chi connectivity index (χ0) is 29.6. The number of nitrogens with two attached hydrogens (primary N) is 1. The lowest BCUT2D eigenvalue weighted by atomic mass is 9.82. The van der Waals surface area contributed by atoms with Gasteiger partial charge in [0.25, 0.3) is 0 Å². The fourth-order valence-electron chi connectivity index (χ4n) is 6.97. The quantitative estimate of drug-likeness (QED) is 0.142. The summed E-state index contributed by atoms with van der Waals surface area (Å²) in [5.74, 6) is 3.67. The average Bonchev–Trinajstić information content (AvgIpc) is 3.01. The molecule has 240 valence electrons. The van der Waals surface area contributed by atoms with Crippen molar-refractivity contribution in [2.75, 3.05) is 87.2 Å². The zero-order valence-electron chi connectivity index (χ0n) is 27.0. The summed E-state index contributed by atoms with van der Waals surface area (Å²) in [6.45, 7) is 16.0. The van der Waals surface area contributed by atoms with Gasteiger partial charge in [-0.3, -0.25) is 4.90 Å². The second-order valence-electron chi connectivity index (χ2n) is 12.9. The number of aromatic nitrogens is 2. The number of nitrogen functional groups attached to an aromatic ring is 1. The topological polar surface area (TPSA) is 104 Å². The molecule has 2 heterocycles. The fourth-order valence-corrected chi connectivity index (χ4v) is 8.45. The van der Waals surface area contributed by atoms with Crippen molar-refractivity contribution in [2.45, 2.75) is 97.1 Å². The molecule has 3 aliphatic rings. The van der Waals surface area contributed by atoms with Gasteiger partial charge in [-0.15, -0.1) is 0 Å². The first-order valence-corrected chi connectivity index (χ1v) is 18.9. The first-order chi connectivity index (χ1) is 20.5. The highest BCUT2D eigenvalue weighted by molar-refractivity contribution is 7.52. The third kappa shape index (κ3) is 11.4. The molecule has 4 rings (SSSR count). The van der Waals surface area contributed by atoms with Crippen molar-refractivity contribution in [1.82, 2.24) is 25.5 Å². The van der Waals surface area contributed by atoms with Crippen LogP contribution in [0.3, 0.4) is 0 Å². The standard InChI is InChI=1S/C32H61N8OP/c1-4-41-42(5-2)21-20-39-18-19-40(25-26(39)3)31-22-30(33)37-32(38-31)36-24-28-14-12-27(13-15-28)23-34-16-9-17-35-29-10-7-6-8-11-29/h22,26-29,34-35H,4-21,23-25H2,1-3H3,(H3,33,36,37,38). The van der Waals surface area contributed by atoms with E-state index in [2.05, 4.69) is 51.5 Å². The highest BCUT2D eigenvalue weighted by Gasteiger charge is 2.26. The molecule has 2 aliphatic carbocycles. The molecular formula is C32H61N8OP.